The quantitative estimate of drug-likeness (QED) is 0.551. The van der Waals surface area contributed by atoms with E-state index in [-0.39, 0.29) is 0 Å². The lowest BCUT2D eigenvalue weighted by Gasteiger charge is -2.01. The maximum atomic E-state index is 3.98. The summed E-state index contributed by atoms with van der Waals surface area (Å²) < 4.78 is 3.98. The van der Waals surface area contributed by atoms with Crippen molar-refractivity contribution in [2.24, 2.45) is 9.63 Å². The van der Waals surface area contributed by atoms with Crippen LogP contribution in [0.15, 0.2) is 38.8 Å². The van der Waals surface area contributed by atoms with Gasteiger partial charge in [-0.05, 0) is 12.1 Å². The van der Waals surface area contributed by atoms with Gasteiger partial charge in [0, 0.05) is 11.2 Å². The van der Waals surface area contributed by atoms with Crippen LogP contribution in [0, 0.1) is 6.26 Å². The Hall–Kier alpha value is -0.830. The summed E-state index contributed by atoms with van der Waals surface area (Å²) in [6.07, 6.45) is 3.88. The number of hydrogen-bond acceptors (Lipinski definition) is 2. The van der Waals surface area contributed by atoms with Crippen LogP contribution < -0.4 is 0 Å². The molecule has 0 spiro atoms. The molecule has 1 heterocycles. The van der Waals surface area contributed by atoms with Crippen molar-refractivity contribution in [2.45, 2.75) is 4.90 Å². The second-order valence-corrected chi connectivity index (χ2v) is 3.54. The molecule has 0 saturated heterocycles. The lowest BCUT2D eigenvalue weighted by molar-refractivity contribution is 1.33. The minimum absolute atomic E-state index is 0.573. The molecule has 1 atom stereocenters. The molecule has 1 aromatic rings. The molecule has 3 heteroatoms. The van der Waals surface area contributed by atoms with Crippen LogP contribution in [0.2, 0.25) is 0 Å². The number of fused-ring (bicyclic) bond motifs is 1. The molecule has 0 bridgehead atoms. The average molecular weight is 151 g/mol. The molecule has 1 aromatic carbocycles. The minimum Gasteiger partial charge on any atom is -0.144 e. The van der Waals surface area contributed by atoms with Crippen molar-refractivity contribution in [3.8, 4) is 0 Å². The summed E-state index contributed by atoms with van der Waals surface area (Å²) in [6.45, 7) is 0. The van der Waals surface area contributed by atoms with E-state index >= 15 is 0 Å². The van der Waals surface area contributed by atoms with Gasteiger partial charge in [-0.2, -0.15) is 0 Å². The van der Waals surface area contributed by atoms with Crippen LogP contribution in [0.25, 0.3) is 0 Å². The van der Waals surface area contributed by atoms with Crippen molar-refractivity contribution < 1.29 is 0 Å². The van der Waals surface area contributed by atoms with Crippen molar-refractivity contribution in [1.29, 1.82) is 0 Å². The van der Waals surface area contributed by atoms with Gasteiger partial charge in [0.25, 0.3) is 0 Å². The zero-order chi connectivity index (χ0) is 6.97. The summed E-state index contributed by atoms with van der Waals surface area (Å²) in [5.41, 5.74) is 0.989. The van der Waals surface area contributed by atoms with Gasteiger partial charge in [0.1, 0.15) is 0 Å². The molecule has 0 aliphatic carbocycles. The predicted molar refractivity (Wildman–Crippen MR) is 43.6 cm³/mol. The Labute approximate surface area is 62.5 Å². The first-order valence-corrected chi connectivity index (χ1v) is 4.47. The molecule has 10 heavy (non-hydrogen) atoms. The molecule has 1 aliphatic heterocycles. The van der Waals surface area contributed by atoms with Crippen LogP contribution in [0.4, 0.5) is 5.69 Å². The third-order valence-corrected chi connectivity index (χ3v) is 2.66. The van der Waals surface area contributed by atoms with Crippen LogP contribution in [0.1, 0.15) is 0 Å². The SMILES string of the molecule is [CH2][SH]1N=Nc2ccccc21. The molecule has 2 nitrogen and oxygen atoms in total. The highest BCUT2D eigenvalue weighted by Gasteiger charge is 2.10. The summed E-state index contributed by atoms with van der Waals surface area (Å²) in [7, 11) is 0. The normalized spacial score (nSPS) is 24.7. The monoisotopic (exact) mass is 151 g/mol. The van der Waals surface area contributed by atoms with Crippen LogP contribution in [-0.4, -0.2) is 0 Å². The maximum Gasteiger partial charge on any atom is 0.0997 e. The standard InChI is InChI=1S/C7H7N2S/c1-10-7-5-3-2-4-6(7)8-9-10/h2-5,10H,1H2. The number of benzene rings is 1. The lowest BCUT2D eigenvalue weighted by atomic mass is 10.3. The first kappa shape index (κ1) is 5.92. The van der Waals surface area contributed by atoms with Crippen molar-refractivity contribution in [1.82, 2.24) is 0 Å². The Balaban J connectivity index is 2.59. The van der Waals surface area contributed by atoms with Gasteiger partial charge in [0.05, 0.1) is 5.69 Å². The number of hydrogen-bond donors (Lipinski definition) is 1. The second-order valence-electron chi connectivity index (χ2n) is 2.08. The van der Waals surface area contributed by atoms with Gasteiger partial charge in [-0.15, -0.1) is 20.7 Å². The molecule has 1 radical (unpaired) electrons. The fourth-order valence-corrected chi connectivity index (χ4v) is 1.86. The molecule has 0 amide bonds. The van der Waals surface area contributed by atoms with Gasteiger partial charge in [0.15, 0.2) is 0 Å². The van der Waals surface area contributed by atoms with Gasteiger partial charge >= 0.3 is 0 Å². The zero-order valence-corrected chi connectivity index (χ0v) is 6.25. The van der Waals surface area contributed by atoms with Crippen LogP contribution in [0.3, 0.4) is 0 Å². The Morgan fingerprint density at radius 1 is 1.30 bits per heavy atom. The summed E-state index contributed by atoms with van der Waals surface area (Å²) in [5, 5.41) is 3.97. The first-order valence-electron chi connectivity index (χ1n) is 2.99. The number of thiol groups is 1. The molecular weight excluding hydrogens is 144 g/mol. The zero-order valence-electron chi connectivity index (χ0n) is 5.36. The fourth-order valence-electron chi connectivity index (χ4n) is 0.917. The Morgan fingerprint density at radius 3 is 2.90 bits per heavy atom. The fraction of sp³-hybridized carbons (Fsp3) is 0. The highest BCUT2D eigenvalue weighted by atomic mass is 32.2. The van der Waals surface area contributed by atoms with Crippen LogP contribution >= 0.6 is 11.1 Å². The van der Waals surface area contributed by atoms with Gasteiger partial charge in [-0.25, -0.2) is 0 Å². The molecule has 0 saturated carbocycles. The van der Waals surface area contributed by atoms with Crippen LogP contribution in [-0.2, 0) is 0 Å². The summed E-state index contributed by atoms with van der Waals surface area (Å²) in [4.78, 5) is 1.19. The number of nitrogens with zero attached hydrogens (tertiary/aromatic N) is 2. The van der Waals surface area contributed by atoms with Gasteiger partial charge in [-0.1, -0.05) is 12.1 Å². The first-order chi connectivity index (χ1) is 4.88. The van der Waals surface area contributed by atoms with E-state index < -0.39 is 11.1 Å². The second kappa shape index (κ2) is 2.09. The van der Waals surface area contributed by atoms with Crippen molar-refractivity contribution in [2.75, 3.05) is 0 Å². The van der Waals surface area contributed by atoms with E-state index in [0.29, 0.717) is 0 Å². The molecule has 2 rings (SSSR count). The molecule has 51 valence electrons. The highest BCUT2D eigenvalue weighted by molar-refractivity contribution is 8.17. The van der Waals surface area contributed by atoms with E-state index in [1.807, 2.05) is 24.3 Å². The van der Waals surface area contributed by atoms with Gasteiger partial charge < -0.3 is 0 Å². The molecule has 0 N–H and O–H groups in total. The molecule has 0 fully saturated rings. The third-order valence-electron chi connectivity index (χ3n) is 1.42. The molecule has 1 aliphatic rings. The summed E-state index contributed by atoms with van der Waals surface area (Å²) in [6, 6.07) is 7.96. The Kier molecular flexibility index (Phi) is 1.24. The Bertz CT molecular complexity index is 283. The van der Waals surface area contributed by atoms with E-state index in [1.54, 1.807) is 0 Å². The van der Waals surface area contributed by atoms with Crippen LogP contribution in [0.5, 0.6) is 0 Å². The van der Waals surface area contributed by atoms with Gasteiger partial charge in [-0.3, -0.25) is 0 Å². The predicted octanol–water partition coefficient (Wildman–Crippen LogP) is 2.85. The maximum absolute atomic E-state index is 3.98. The molecular formula is C7H7N2S. The van der Waals surface area contributed by atoms with Crippen molar-refractivity contribution in [3.05, 3.63) is 30.5 Å². The lowest BCUT2D eigenvalue weighted by Crippen LogP contribution is -1.67. The van der Waals surface area contributed by atoms with E-state index in [1.165, 1.54) is 4.90 Å². The molecule has 0 aromatic heterocycles. The Morgan fingerprint density at radius 2 is 2.10 bits per heavy atom. The smallest absolute Gasteiger partial charge is 0.0997 e. The van der Waals surface area contributed by atoms with E-state index in [2.05, 4.69) is 15.9 Å². The third kappa shape index (κ3) is 0.743. The summed E-state index contributed by atoms with van der Waals surface area (Å²) >= 11 is -0.573. The van der Waals surface area contributed by atoms with Crippen molar-refractivity contribution >= 4 is 16.8 Å². The minimum atomic E-state index is -0.573. The van der Waals surface area contributed by atoms with E-state index in [0.717, 1.165) is 5.69 Å². The van der Waals surface area contributed by atoms with Crippen molar-refractivity contribution in [3.63, 3.8) is 0 Å². The summed E-state index contributed by atoms with van der Waals surface area (Å²) in [5.74, 6) is 0. The van der Waals surface area contributed by atoms with E-state index in [9.17, 15) is 0 Å². The topological polar surface area (TPSA) is 24.7 Å². The highest BCUT2D eigenvalue weighted by Crippen LogP contribution is 2.48. The number of rotatable bonds is 0. The largest absolute Gasteiger partial charge is 0.144 e. The van der Waals surface area contributed by atoms with Gasteiger partial charge in [0.2, 0.25) is 0 Å². The van der Waals surface area contributed by atoms with E-state index in [4.69, 9.17) is 0 Å². The molecule has 1 unspecified atom stereocenters. The average Bonchev–Trinajstić information content (AvgIpc) is 2.34.